The molecule has 0 spiro atoms. The maximum absolute atomic E-state index is 13.7. The number of nitrogens with zero attached hydrogens (tertiary/aromatic N) is 6. The molecule has 4 heterocycles. The van der Waals surface area contributed by atoms with E-state index in [1.54, 1.807) is 30.8 Å². The van der Waals surface area contributed by atoms with Crippen LogP contribution in [-0.2, 0) is 4.74 Å². The molecule has 0 radical (unpaired) electrons. The third-order valence-electron chi connectivity index (χ3n) is 6.80. The van der Waals surface area contributed by atoms with Crippen molar-refractivity contribution < 1.29 is 9.53 Å². The van der Waals surface area contributed by atoms with Gasteiger partial charge in [-0.3, -0.25) is 9.36 Å². The van der Waals surface area contributed by atoms with Gasteiger partial charge in [-0.1, -0.05) is 18.9 Å². The van der Waals surface area contributed by atoms with Crippen LogP contribution in [0.15, 0.2) is 35.4 Å². The summed E-state index contributed by atoms with van der Waals surface area (Å²) in [5.41, 5.74) is 0.840. The summed E-state index contributed by atoms with van der Waals surface area (Å²) in [7, 11) is 0. The zero-order valence-corrected chi connectivity index (χ0v) is 20.2. The number of anilines is 2. The number of rotatable bonds is 6. The quantitative estimate of drug-likeness (QED) is 0.537. The van der Waals surface area contributed by atoms with Crippen molar-refractivity contribution >= 4 is 28.8 Å². The Balaban J connectivity index is 1.72. The molecule has 1 saturated heterocycles. The molecule has 1 saturated carbocycles. The second-order valence-corrected chi connectivity index (χ2v) is 8.94. The number of pyridine rings is 2. The van der Waals surface area contributed by atoms with Gasteiger partial charge in [0.25, 0.3) is 5.56 Å². The van der Waals surface area contributed by atoms with E-state index in [2.05, 4.69) is 15.3 Å². The van der Waals surface area contributed by atoms with Gasteiger partial charge >= 0.3 is 5.97 Å². The van der Waals surface area contributed by atoms with Crippen molar-refractivity contribution in [1.82, 2.24) is 29.8 Å². The van der Waals surface area contributed by atoms with Crippen LogP contribution in [0.3, 0.4) is 0 Å². The Bertz CT molecular complexity index is 1270. The number of aromatic nitrogens is 4. The number of carbonyl (C=O) groups excluding carboxylic acids is 1. The zero-order chi connectivity index (χ0) is 24.4. The highest BCUT2D eigenvalue weighted by molar-refractivity contribution is 5.96. The van der Waals surface area contributed by atoms with Crippen LogP contribution >= 0.6 is 0 Å². The van der Waals surface area contributed by atoms with Crippen LogP contribution in [0.4, 0.5) is 11.8 Å². The molecule has 3 aromatic rings. The molecule has 1 aliphatic carbocycles. The van der Waals surface area contributed by atoms with Gasteiger partial charge in [-0.15, -0.1) is 0 Å². The number of aryl methyl sites for hydroxylation is 1. The number of hydrazine groups is 1. The molecule has 10 heteroatoms. The fourth-order valence-corrected chi connectivity index (χ4v) is 5.08. The zero-order valence-electron chi connectivity index (χ0n) is 20.2. The number of piperazine rings is 1. The van der Waals surface area contributed by atoms with Crippen molar-refractivity contribution in [2.45, 2.75) is 45.6 Å². The third kappa shape index (κ3) is 4.39. The monoisotopic (exact) mass is 477 g/mol. The molecule has 35 heavy (non-hydrogen) atoms. The van der Waals surface area contributed by atoms with Gasteiger partial charge in [-0.2, -0.15) is 4.98 Å². The highest BCUT2D eigenvalue weighted by Gasteiger charge is 2.29. The van der Waals surface area contributed by atoms with E-state index in [1.165, 1.54) is 0 Å². The number of hydrogen-bond donors (Lipinski definition) is 1. The normalized spacial score (nSPS) is 17.1. The summed E-state index contributed by atoms with van der Waals surface area (Å²) in [5.74, 6) is 0.569. The Hall–Kier alpha value is -3.37. The SMILES string of the molecule is CCOC(=O)c1c(C)c2cnc(N(c3ccccn3)N3CCNCC3)nc2n(C2CCCC2)c1=O. The number of carbonyl (C=O) groups is 1. The van der Waals surface area contributed by atoms with Crippen molar-refractivity contribution in [2.24, 2.45) is 0 Å². The molecule has 10 nitrogen and oxygen atoms in total. The molecule has 1 aliphatic heterocycles. The van der Waals surface area contributed by atoms with Gasteiger partial charge in [0.2, 0.25) is 5.95 Å². The molecular formula is C25H31N7O3. The molecule has 3 aromatic heterocycles. The van der Waals surface area contributed by atoms with Crippen molar-refractivity contribution in [1.29, 1.82) is 0 Å². The van der Waals surface area contributed by atoms with Crippen molar-refractivity contribution in [3.05, 3.63) is 52.1 Å². The summed E-state index contributed by atoms with van der Waals surface area (Å²) in [6.07, 6.45) is 7.30. The molecule has 5 rings (SSSR count). The molecule has 0 amide bonds. The molecule has 2 fully saturated rings. The van der Waals surface area contributed by atoms with Gasteiger partial charge in [0.15, 0.2) is 0 Å². The van der Waals surface area contributed by atoms with E-state index in [4.69, 9.17) is 14.7 Å². The van der Waals surface area contributed by atoms with Crippen LogP contribution in [0.1, 0.15) is 54.6 Å². The first-order valence-electron chi connectivity index (χ1n) is 12.4. The molecule has 0 unspecified atom stereocenters. The minimum Gasteiger partial charge on any atom is -0.462 e. The highest BCUT2D eigenvalue weighted by atomic mass is 16.5. The van der Waals surface area contributed by atoms with Crippen molar-refractivity contribution in [3.63, 3.8) is 0 Å². The molecule has 0 bridgehead atoms. The Kier molecular flexibility index (Phi) is 6.74. The van der Waals surface area contributed by atoms with Gasteiger partial charge < -0.3 is 10.1 Å². The van der Waals surface area contributed by atoms with E-state index in [0.717, 1.165) is 51.9 Å². The summed E-state index contributed by atoms with van der Waals surface area (Å²) >= 11 is 0. The average molecular weight is 478 g/mol. The van der Waals surface area contributed by atoms with Crippen LogP contribution < -0.4 is 15.9 Å². The second-order valence-electron chi connectivity index (χ2n) is 8.94. The van der Waals surface area contributed by atoms with Crippen LogP contribution in [0.25, 0.3) is 11.0 Å². The highest BCUT2D eigenvalue weighted by Crippen LogP contribution is 2.33. The third-order valence-corrected chi connectivity index (χ3v) is 6.80. The van der Waals surface area contributed by atoms with Crippen LogP contribution in [0.2, 0.25) is 0 Å². The van der Waals surface area contributed by atoms with E-state index in [0.29, 0.717) is 28.4 Å². The molecule has 2 aliphatic rings. The van der Waals surface area contributed by atoms with E-state index in [9.17, 15) is 9.59 Å². The van der Waals surface area contributed by atoms with Crippen molar-refractivity contribution in [2.75, 3.05) is 37.8 Å². The van der Waals surface area contributed by atoms with Gasteiger partial charge in [0.1, 0.15) is 17.0 Å². The topological polar surface area (TPSA) is 105 Å². The minimum absolute atomic E-state index is 0.0102. The van der Waals surface area contributed by atoms with Gasteiger partial charge in [0, 0.05) is 50.0 Å². The Labute approximate surface area is 203 Å². The van der Waals surface area contributed by atoms with E-state index < -0.39 is 5.97 Å². The van der Waals surface area contributed by atoms with Gasteiger partial charge in [0.05, 0.1) is 6.61 Å². The largest absolute Gasteiger partial charge is 0.462 e. The van der Waals surface area contributed by atoms with Crippen LogP contribution in [-0.4, -0.2) is 63.3 Å². The van der Waals surface area contributed by atoms with Crippen LogP contribution in [0, 0.1) is 6.92 Å². The van der Waals surface area contributed by atoms with Gasteiger partial charge in [-0.05, 0) is 44.4 Å². The lowest BCUT2D eigenvalue weighted by atomic mass is 10.1. The number of nitrogens with one attached hydrogen (secondary N) is 1. The number of esters is 1. The summed E-state index contributed by atoms with van der Waals surface area (Å²) in [6.45, 7) is 6.94. The fourth-order valence-electron chi connectivity index (χ4n) is 5.08. The minimum atomic E-state index is -0.594. The first kappa shape index (κ1) is 23.4. The fraction of sp³-hybridized carbons (Fsp3) is 0.480. The lowest BCUT2D eigenvalue weighted by Gasteiger charge is -2.36. The Morgan fingerprint density at radius 3 is 2.66 bits per heavy atom. The first-order valence-corrected chi connectivity index (χ1v) is 12.4. The lowest BCUT2D eigenvalue weighted by molar-refractivity contribution is 0.0522. The maximum Gasteiger partial charge on any atom is 0.344 e. The standard InChI is InChI=1S/C25H31N7O3/c1-3-35-24(34)21-17(2)19-16-28-25(29-22(19)31(23(21)33)18-8-4-5-9-18)32(20-10-6-7-11-27-20)30-14-12-26-13-15-30/h6-7,10-11,16,18,26H,3-5,8-9,12-15H2,1-2H3. The van der Waals surface area contributed by atoms with E-state index in [1.807, 2.05) is 23.2 Å². The van der Waals surface area contributed by atoms with Crippen LogP contribution in [0.5, 0.6) is 0 Å². The summed E-state index contributed by atoms with van der Waals surface area (Å²) in [5, 5.41) is 8.15. The summed E-state index contributed by atoms with van der Waals surface area (Å²) < 4.78 is 6.94. The molecule has 0 aromatic carbocycles. The Morgan fingerprint density at radius 2 is 1.97 bits per heavy atom. The van der Waals surface area contributed by atoms with Gasteiger partial charge in [-0.25, -0.2) is 24.8 Å². The molecule has 184 valence electrons. The van der Waals surface area contributed by atoms with Crippen molar-refractivity contribution in [3.8, 4) is 0 Å². The predicted octanol–water partition coefficient (Wildman–Crippen LogP) is 2.75. The summed E-state index contributed by atoms with van der Waals surface area (Å²) in [6, 6.07) is 5.72. The van der Waals surface area contributed by atoms with E-state index >= 15 is 0 Å². The maximum atomic E-state index is 13.7. The van der Waals surface area contributed by atoms with E-state index in [-0.39, 0.29) is 23.8 Å². The average Bonchev–Trinajstić information content (AvgIpc) is 3.40. The first-order chi connectivity index (χ1) is 17.1. The number of fused-ring (bicyclic) bond motifs is 1. The summed E-state index contributed by atoms with van der Waals surface area (Å²) in [4.78, 5) is 40.7. The molecule has 0 atom stereocenters. The second kappa shape index (κ2) is 10.1. The smallest absolute Gasteiger partial charge is 0.344 e. The number of hydrogen-bond acceptors (Lipinski definition) is 9. The lowest BCUT2D eigenvalue weighted by Crippen LogP contribution is -2.51. The molecular weight excluding hydrogens is 446 g/mol. The number of ether oxygens (including phenoxy) is 1. The Morgan fingerprint density at radius 1 is 1.20 bits per heavy atom. The molecule has 1 N–H and O–H groups in total. The predicted molar refractivity (Wildman–Crippen MR) is 133 cm³/mol.